The average Bonchev–Trinajstić information content (AvgIpc) is 3.28. The summed E-state index contributed by atoms with van der Waals surface area (Å²) in [5.74, 6) is -2.79. The van der Waals surface area contributed by atoms with Crippen LogP contribution < -0.4 is 21.7 Å². The van der Waals surface area contributed by atoms with Crippen LogP contribution in [0.2, 0.25) is 0 Å². The van der Waals surface area contributed by atoms with Crippen molar-refractivity contribution in [1.82, 2.24) is 20.9 Å². The first kappa shape index (κ1) is 39.7. The summed E-state index contributed by atoms with van der Waals surface area (Å²) in [7, 11) is 0. The van der Waals surface area contributed by atoms with Gasteiger partial charge in [-0.1, -0.05) is 79.6 Å². The number of likely N-dealkylation sites (tertiary alicyclic amines) is 1. The van der Waals surface area contributed by atoms with Crippen LogP contribution in [-0.4, -0.2) is 84.1 Å². The first-order valence-corrected chi connectivity index (χ1v) is 20.6. The van der Waals surface area contributed by atoms with Crippen LogP contribution in [0, 0.1) is 39.4 Å². The van der Waals surface area contributed by atoms with E-state index in [2.05, 4.69) is 29.8 Å². The zero-order valence-corrected chi connectivity index (χ0v) is 32.9. The zero-order valence-electron chi connectivity index (χ0n) is 32.9. The highest BCUT2D eigenvalue weighted by Crippen LogP contribution is 2.88. The number of Topliss-reactive ketones (excluding diaryl/α,β-unsaturated/α-hetero) is 1. The minimum atomic E-state index is -1.08. The van der Waals surface area contributed by atoms with Gasteiger partial charge in [-0.25, -0.2) is 0 Å². The fourth-order valence-electron chi connectivity index (χ4n) is 11.2. The van der Waals surface area contributed by atoms with E-state index >= 15 is 4.79 Å². The van der Waals surface area contributed by atoms with Crippen LogP contribution in [0.25, 0.3) is 0 Å². The highest BCUT2D eigenvalue weighted by molar-refractivity contribution is 6.37. The number of rotatable bonds is 13. The van der Waals surface area contributed by atoms with Crippen LogP contribution in [0.1, 0.15) is 137 Å². The minimum Gasteiger partial charge on any atom is -0.381 e. The van der Waals surface area contributed by atoms with Crippen molar-refractivity contribution < 1.29 is 33.5 Å². The maximum absolute atomic E-state index is 15.0. The molecule has 2 heterocycles. The van der Waals surface area contributed by atoms with Gasteiger partial charge in [-0.05, 0) is 85.4 Å². The van der Waals surface area contributed by atoms with Crippen molar-refractivity contribution in [3.05, 3.63) is 0 Å². The standard InChI is InChI=1S/C41H65N5O7/c1-38(2,3)33(45-36(51)31(27-13-7-6-8-14-27)44-30(47)22-26-15-19-53-20-16-26)37(52)46-24-41(39(4,5)40(41)17-10-18-40)23-29(46)35(50)43-28(32(48)34(42)49)21-25-11-9-12-25/h25-29,31,33H,6-24H2,1-5H3,(H2,42,49)(H,43,50)(H,44,47)(H,45,51)/t28?,29-,31?,33+,41+/m0/s1. The summed E-state index contributed by atoms with van der Waals surface area (Å²) in [5, 5.41) is 9.11. The summed E-state index contributed by atoms with van der Waals surface area (Å²) >= 11 is 0. The fourth-order valence-corrected chi connectivity index (χ4v) is 11.2. The van der Waals surface area contributed by atoms with E-state index in [0.717, 1.165) is 83.5 Å². The first-order valence-electron chi connectivity index (χ1n) is 20.6. The Morgan fingerprint density at radius 3 is 2.00 bits per heavy atom. The lowest BCUT2D eigenvalue weighted by atomic mass is 9.73. The Morgan fingerprint density at radius 2 is 1.47 bits per heavy atom. The van der Waals surface area contributed by atoms with Crippen LogP contribution in [-0.2, 0) is 33.5 Å². The molecule has 2 unspecified atom stereocenters. The topological polar surface area (TPSA) is 177 Å². The van der Waals surface area contributed by atoms with E-state index < -0.39 is 47.2 Å². The average molecular weight is 740 g/mol. The highest BCUT2D eigenvalue weighted by Gasteiger charge is 2.85. The summed E-state index contributed by atoms with van der Waals surface area (Å²) in [6.45, 7) is 11.9. The molecule has 0 aromatic heterocycles. The Labute approximate surface area is 315 Å². The number of fused-ring (bicyclic) bond motifs is 1. The van der Waals surface area contributed by atoms with Gasteiger partial charge in [0.2, 0.25) is 29.4 Å². The van der Waals surface area contributed by atoms with Crippen LogP contribution in [0.4, 0.5) is 0 Å². The smallest absolute Gasteiger partial charge is 0.287 e. The molecule has 5 atom stereocenters. The SMILES string of the molecule is CC(C)(C)[C@H](NC(=O)C(NC(=O)CC1CCOCC1)C1CCCCC1)C(=O)N1C[C@]2(C[C@H]1C(=O)NC(CC1CCC1)C(=O)C(N)=O)C(C)(C)C21CCC1. The van der Waals surface area contributed by atoms with Crippen molar-refractivity contribution in [2.45, 2.75) is 162 Å². The Bertz CT molecular complexity index is 1440. The van der Waals surface area contributed by atoms with Crippen LogP contribution in [0.3, 0.4) is 0 Å². The second-order valence-corrected chi connectivity index (χ2v) is 19.2. The molecule has 12 heteroatoms. The third kappa shape index (κ3) is 7.51. The molecule has 6 fully saturated rings. The molecule has 2 saturated heterocycles. The third-order valence-electron chi connectivity index (χ3n) is 15.0. The Hall–Kier alpha value is -3.02. The normalized spacial score (nSPS) is 28.6. The van der Waals surface area contributed by atoms with Crippen LogP contribution in [0.15, 0.2) is 0 Å². The Morgan fingerprint density at radius 1 is 0.811 bits per heavy atom. The molecule has 5 amide bonds. The number of nitrogens with two attached hydrogens (primary N) is 1. The number of ketones is 1. The van der Waals surface area contributed by atoms with E-state index in [4.69, 9.17) is 10.5 Å². The molecular weight excluding hydrogens is 674 g/mol. The van der Waals surface area contributed by atoms with Crippen molar-refractivity contribution in [1.29, 1.82) is 0 Å². The maximum Gasteiger partial charge on any atom is 0.287 e. The minimum absolute atomic E-state index is 0.0310. The molecule has 2 spiro atoms. The van der Waals surface area contributed by atoms with E-state index in [0.29, 0.717) is 39.0 Å². The van der Waals surface area contributed by atoms with Crippen molar-refractivity contribution in [3.8, 4) is 0 Å². The van der Waals surface area contributed by atoms with Gasteiger partial charge in [-0.3, -0.25) is 28.8 Å². The lowest BCUT2D eigenvalue weighted by molar-refractivity contribution is -0.145. The van der Waals surface area contributed by atoms with Gasteiger partial charge in [0.15, 0.2) is 0 Å². The van der Waals surface area contributed by atoms with Gasteiger partial charge in [0.1, 0.15) is 18.1 Å². The first-order chi connectivity index (χ1) is 25.0. The number of primary amides is 1. The molecule has 6 rings (SSSR count). The summed E-state index contributed by atoms with van der Waals surface area (Å²) in [6, 6.07) is -3.66. The molecule has 0 aromatic carbocycles. The van der Waals surface area contributed by atoms with Gasteiger partial charge in [0, 0.05) is 31.6 Å². The molecule has 5 N–H and O–H groups in total. The van der Waals surface area contributed by atoms with E-state index in [1.54, 1.807) is 4.90 Å². The molecule has 4 aliphatic carbocycles. The van der Waals surface area contributed by atoms with Gasteiger partial charge >= 0.3 is 0 Å². The maximum atomic E-state index is 15.0. The Balaban J connectivity index is 1.25. The second kappa shape index (κ2) is 15.3. The predicted molar refractivity (Wildman–Crippen MR) is 199 cm³/mol. The Kier molecular flexibility index (Phi) is 11.4. The zero-order chi connectivity index (χ0) is 38.3. The molecule has 296 valence electrons. The molecule has 4 saturated carbocycles. The molecular formula is C41H65N5O7. The van der Waals surface area contributed by atoms with E-state index in [9.17, 15) is 24.0 Å². The summed E-state index contributed by atoms with van der Waals surface area (Å²) in [5.41, 5.74) is 4.37. The number of amides is 5. The molecule has 0 radical (unpaired) electrons. The highest BCUT2D eigenvalue weighted by atomic mass is 16.5. The van der Waals surface area contributed by atoms with Crippen molar-refractivity contribution in [2.75, 3.05) is 19.8 Å². The van der Waals surface area contributed by atoms with Gasteiger partial charge in [0.05, 0.1) is 6.04 Å². The molecule has 6 aliphatic rings. The van der Waals surface area contributed by atoms with Gasteiger partial charge in [0.25, 0.3) is 5.91 Å². The summed E-state index contributed by atoms with van der Waals surface area (Å²) < 4.78 is 5.48. The molecule has 2 aliphatic heterocycles. The summed E-state index contributed by atoms with van der Waals surface area (Å²) in [4.78, 5) is 83.9. The predicted octanol–water partition coefficient (Wildman–Crippen LogP) is 3.93. The van der Waals surface area contributed by atoms with Crippen molar-refractivity contribution in [3.63, 3.8) is 0 Å². The fraction of sp³-hybridized carbons (Fsp3) is 0.854. The van der Waals surface area contributed by atoms with Gasteiger partial charge in [-0.15, -0.1) is 0 Å². The van der Waals surface area contributed by atoms with E-state index in [-0.39, 0.29) is 51.7 Å². The molecule has 0 aromatic rings. The lowest BCUT2D eigenvalue weighted by Gasteiger charge is -2.38. The number of nitrogens with zero attached hydrogens (tertiary/aromatic N) is 1. The monoisotopic (exact) mass is 739 g/mol. The number of hydrogen-bond donors (Lipinski definition) is 4. The van der Waals surface area contributed by atoms with Crippen LogP contribution in [0.5, 0.6) is 0 Å². The lowest BCUT2D eigenvalue weighted by Crippen LogP contribution is -2.62. The quantitative estimate of drug-likeness (QED) is 0.207. The summed E-state index contributed by atoms with van der Waals surface area (Å²) in [6.07, 6.45) is 13.6. The molecule has 0 bridgehead atoms. The number of carbonyl (C=O) groups is 6. The number of carbonyl (C=O) groups excluding carboxylic acids is 6. The van der Waals surface area contributed by atoms with Crippen LogP contribution >= 0.6 is 0 Å². The van der Waals surface area contributed by atoms with Crippen molar-refractivity contribution in [2.24, 2.45) is 45.1 Å². The van der Waals surface area contributed by atoms with E-state index in [1.807, 2.05) is 20.8 Å². The third-order valence-corrected chi connectivity index (χ3v) is 15.0. The van der Waals surface area contributed by atoms with E-state index in [1.165, 1.54) is 0 Å². The van der Waals surface area contributed by atoms with Gasteiger partial charge < -0.3 is 31.3 Å². The number of ether oxygens (including phenoxy) is 1. The largest absolute Gasteiger partial charge is 0.381 e. The number of hydrogen-bond acceptors (Lipinski definition) is 7. The second-order valence-electron chi connectivity index (χ2n) is 19.2. The molecule has 53 heavy (non-hydrogen) atoms. The van der Waals surface area contributed by atoms with Crippen molar-refractivity contribution >= 4 is 35.3 Å². The van der Waals surface area contributed by atoms with Gasteiger partial charge in [-0.2, -0.15) is 0 Å². The number of nitrogens with one attached hydrogen (secondary N) is 3. The molecule has 12 nitrogen and oxygen atoms in total.